The fourth-order valence-electron chi connectivity index (χ4n) is 3.58. The lowest BCUT2D eigenvalue weighted by atomic mass is 10.0. The number of piperazine rings is 1. The minimum absolute atomic E-state index is 0.0369. The zero-order valence-corrected chi connectivity index (χ0v) is 14.2. The predicted molar refractivity (Wildman–Crippen MR) is 90.2 cm³/mol. The molecule has 2 fully saturated rings. The van der Waals surface area contributed by atoms with E-state index in [9.17, 15) is 9.59 Å². The van der Waals surface area contributed by atoms with Gasteiger partial charge in [0.25, 0.3) is 0 Å². The third kappa shape index (κ3) is 4.38. The van der Waals surface area contributed by atoms with Gasteiger partial charge in [0.1, 0.15) is 0 Å². The second kappa shape index (κ2) is 8.33. The Hall–Kier alpha value is -1.82. The fourth-order valence-corrected chi connectivity index (χ4v) is 3.58. The monoisotopic (exact) mass is 333 g/mol. The van der Waals surface area contributed by atoms with E-state index in [1.54, 1.807) is 12.5 Å². The molecule has 0 unspecified atom stereocenters. The Morgan fingerprint density at radius 2 is 1.92 bits per heavy atom. The van der Waals surface area contributed by atoms with Crippen LogP contribution >= 0.6 is 0 Å². The number of furan rings is 1. The summed E-state index contributed by atoms with van der Waals surface area (Å²) in [5.41, 5.74) is 1.04. The normalized spacial score (nSPS) is 23.4. The highest BCUT2D eigenvalue weighted by Gasteiger charge is 2.33. The largest absolute Gasteiger partial charge is 0.472 e. The van der Waals surface area contributed by atoms with Crippen molar-refractivity contribution >= 4 is 11.8 Å². The van der Waals surface area contributed by atoms with E-state index in [-0.39, 0.29) is 24.3 Å². The molecule has 0 aliphatic carbocycles. The molecule has 0 spiro atoms. The van der Waals surface area contributed by atoms with Gasteiger partial charge in [0, 0.05) is 38.3 Å². The molecule has 0 bridgehead atoms. The molecule has 0 radical (unpaired) electrons. The van der Waals surface area contributed by atoms with Crippen LogP contribution in [0.1, 0.15) is 44.1 Å². The Morgan fingerprint density at radius 3 is 2.62 bits per heavy atom. The fraction of sp³-hybridized carbons (Fsp3) is 0.667. The Kier molecular flexibility index (Phi) is 5.91. The molecule has 3 rings (SSSR count). The second-order valence-electron chi connectivity index (χ2n) is 6.76. The van der Waals surface area contributed by atoms with Crippen LogP contribution in [-0.4, -0.2) is 53.8 Å². The first-order valence-electron chi connectivity index (χ1n) is 9.04. The minimum Gasteiger partial charge on any atom is -0.472 e. The van der Waals surface area contributed by atoms with Crippen LogP contribution in [0.3, 0.4) is 0 Å². The van der Waals surface area contributed by atoms with Gasteiger partial charge in [-0.3, -0.25) is 14.5 Å². The lowest BCUT2D eigenvalue weighted by Crippen LogP contribution is -2.56. The predicted octanol–water partition coefficient (Wildman–Crippen LogP) is 1.76. The Labute approximate surface area is 143 Å². The molecule has 2 amide bonds. The van der Waals surface area contributed by atoms with Crippen molar-refractivity contribution in [2.24, 2.45) is 0 Å². The van der Waals surface area contributed by atoms with Crippen molar-refractivity contribution < 1.29 is 14.0 Å². The molecule has 0 aromatic carbocycles. The molecule has 1 aromatic rings. The van der Waals surface area contributed by atoms with Crippen molar-refractivity contribution in [1.82, 2.24) is 15.1 Å². The van der Waals surface area contributed by atoms with Gasteiger partial charge in [-0.05, 0) is 18.9 Å². The van der Waals surface area contributed by atoms with E-state index < -0.39 is 0 Å². The lowest BCUT2D eigenvalue weighted by Gasteiger charge is -2.35. The first kappa shape index (κ1) is 17.0. The van der Waals surface area contributed by atoms with Crippen LogP contribution in [-0.2, 0) is 16.1 Å². The maximum atomic E-state index is 12.7. The van der Waals surface area contributed by atoms with Crippen molar-refractivity contribution in [2.45, 2.75) is 51.1 Å². The number of nitrogens with zero attached hydrogens (tertiary/aromatic N) is 2. The first-order valence-corrected chi connectivity index (χ1v) is 9.04. The summed E-state index contributed by atoms with van der Waals surface area (Å²) in [6.45, 7) is 3.69. The van der Waals surface area contributed by atoms with Crippen LogP contribution in [0.4, 0.5) is 0 Å². The highest BCUT2D eigenvalue weighted by Crippen LogP contribution is 2.17. The van der Waals surface area contributed by atoms with E-state index in [2.05, 4.69) is 10.2 Å². The topological polar surface area (TPSA) is 65.8 Å². The molecule has 1 aromatic heterocycles. The molecule has 2 saturated heterocycles. The van der Waals surface area contributed by atoms with Crippen molar-refractivity contribution in [3.05, 3.63) is 24.2 Å². The van der Waals surface area contributed by atoms with Gasteiger partial charge in [0.05, 0.1) is 25.0 Å². The number of hydrogen-bond donors (Lipinski definition) is 1. The molecule has 2 aliphatic heterocycles. The standard InChI is InChI=1S/C18H27N3O3/c22-17(20-8-4-2-1-3-5-9-20)12-16-18(23)19-7-10-21(16)13-15-6-11-24-14-15/h6,11,14,16H,1-5,7-10,12-13H2,(H,19,23)/t16-/m0/s1. The lowest BCUT2D eigenvalue weighted by molar-refractivity contribution is -0.139. The number of carbonyl (C=O) groups excluding carboxylic acids is 2. The van der Waals surface area contributed by atoms with Crippen LogP contribution in [0.2, 0.25) is 0 Å². The summed E-state index contributed by atoms with van der Waals surface area (Å²) in [7, 11) is 0. The van der Waals surface area contributed by atoms with Crippen molar-refractivity contribution in [3.8, 4) is 0 Å². The van der Waals surface area contributed by atoms with E-state index in [1.165, 1.54) is 19.3 Å². The molecule has 1 N–H and O–H groups in total. The highest BCUT2D eigenvalue weighted by molar-refractivity contribution is 5.88. The van der Waals surface area contributed by atoms with Crippen molar-refractivity contribution in [1.29, 1.82) is 0 Å². The number of hydrogen-bond acceptors (Lipinski definition) is 4. The molecular formula is C18H27N3O3. The summed E-state index contributed by atoms with van der Waals surface area (Å²) in [4.78, 5) is 29.1. The van der Waals surface area contributed by atoms with Gasteiger partial charge < -0.3 is 14.6 Å². The quantitative estimate of drug-likeness (QED) is 0.912. The van der Waals surface area contributed by atoms with Gasteiger partial charge in [-0.15, -0.1) is 0 Å². The summed E-state index contributed by atoms with van der Waals surface area (Å²) in [6, 6.07) is 1.52. The van der Waals surface area contributed by atoms with Crippen LogP contribution < -0.4 is 5.32 Å². The number of likely N-dealkylation sites (tertiary alicyclic amines) is 1. The molecule has 6 heteroatoms. The number of carbonyl (C=O) groups is 2. The molecule has 3 heterocycles. The van der Waals surface area contributed by atoms with Gasteiger partial charge in [0.2, 0.25) is 11.8 Å². The maximum Gasteiger partial charge on any atom is 0.237 e. The number of amides is 2. The van der Waals surface area contributed by atoms with Crippen molar-refractivity contribution in [2.75, 3.05) is 26.2 Å². The smallest absolute Gasteiger partial charge is 0.237 e. The molecule has 1 atom stereocenters. The SMILES string of the molecule is O=C1NCCN(Cc2ccoc2)[C@H]1CC(=O)N1CCCCCCC1. The Bertz CT molecular complexity index is 536. The first-order chi connectivity index (χ1) is 11.7. The van der Waals surface area contributed by atoms with E-state index in [0.717, 1.165) is 38.0 Å². The van der Waals surface area contributed by atoms with Crippen LogP contribution in [0.25, 0.3) is 0 Å². The molecule has 24 heavy (non-hydrogen) atoms. The van der Waals surface area contributed by atoms with Gasteiger partial charge in [-0.1, -0.05) is 19.3 Å². The Balaban J connectivity index is 1.62. The molecule has 2 aliphatic rings. The molecular weight excluding hydrogens is 306 g/mol. The minimum atomic E-state index is -0.383. The molecule has 6 nitrogen and oxygen atoms in total. The average Bonchev–Trinajstić information content (AvgIpc) is 3.03. The van der Waals surface area contributed by atoms with Crippen molar-refractivity contribution in [3.63, 3.8) is 0 Å². The Morgan fingerprint density at radius 1 is 1.17 bits per heavy atom. The van der Waals surface area contributed by atoms with E-state index >= 15 is 0 Å². The molecule has 0 saturated carbocycles. The van der Waals surface area contributed by atoms with Gasteiger partial charge >= 0.3 is 0 Å². The van der Waals surface area contributed by atoms with Gasteiger partial charge in [0.15, 0.2) is 0 Å². The molecule has 132 valence electrons. The van der Waals surface area contributed by atoms with Crippen LogP contribution in [0, 0.1) is 0 Å². The zero-order chi connectivity index (χ0) is 16.8. The summed E-state index contributed by atoms with van der Waals surface area (Å²) >= 11 is 0. The van der Waals surface area contributed by atoms with Crippen LogP contribution in [0.5, 0.6) is 0 Å². The van der Waals surface area contributed by atoms with Gasteiger partial charge in [-0.2, -0.15) is 0 Å². The highest BCUT2D eigenvalue weighted by atomic mass is 16.3. The summed E-state index contributed by atoms with van der Waals surface area (Å²) in [5, 5.41) is 2.90. The third-order valence-corrected chi connectivity index (χ3v) is 4.98. The number of rotatable bonds is 4. The van der Waals surface area contributed by atoms with E-state index in [4.69, 9.17) is 4.42 Å². The van der Waals surface area contributed by atoms with Gasteiger partial charge in [-0.25, -0.2) is 0 Å². The second-order valence-corrected chi connectivity index (χ2v) is 6.76. The average molecular weight is 333 g/mol. The van der Waals surface area contributed by atoms with E-state index in [0.29, 0.717) is 13.1 Å². The van der Waals surface area contributed by atoms with Crippen LogP contribution in [0.15, 0.2) is 23.0 Å². The summed E-state index contributed by atoms with van der Waals surface area (Å²) in [5.74, 6) is 0.0706. The zero-order valence-electron chi connectivity index (χ0n) is 14.2. The number of nitrogens with one attached hydrogen (secondary N) is 1. The van der Waals surface area contributed by atoms with E-state index in [1.807, 2.05) is 11.0 Å². The summed E-state index contributed by atoms with van der Waals surface area (Å²) in [6.07, 6.45) is 9.40. The maximum absolute atomic E-state index is 12.7. The summed E-state index contributed by atoms with van der Waals surface area (Å²) < 4.78 is 5.12. The third-order valence-electron chi connectivity index (χ3n) is 4.98.